The van der Waals surface area contributed by atoms with Gasteiger partial charge in [-0.05, 0) is 51.8 Å². The van der Waals surface area contributed by atoms with Gasteiger partial charge in [-0.15, -0.1) is 0 Å². The second kappa shape index (κ2) is 6.18. The summed E-state index contributed by atoms with van der Waals surface area (Å²) in [5.74, 6) is -0.437. The molecular weight excluding hydrogens is 334 g/mol. The normalized spacial score (nSPS) is 18.7. The monoisotopic (exact) mass is 353 g/mol. The van der Waals surface area contributed by atoms with Crippen LogP contribution >= 0.6 is 15.9 Å². The summed E-state index contributed by atoms with van der Waals surface area (Å²) in [6.45, 7) is 6.09. The molecule has 0 bridgehead atoms. The van der Waals surface area contributed by atoms with Crippen LogP contribution < -0.4 is 0 Å². The van der Waals surface area contributed by atoms with E-state index in [0.29, 0.717) is 18.5 Å². The van der Waals surface area contributed by atoms with E-state index in [-0.39, 0.29) is 11.9 Å². The minimum atomic E-state index is -0.538. The largest absolute Gasteiger partial charge is 0.458 e. The van der Waals surface area contributed by atoms with Crippen molar-refractivity contribution < 1.29 is 14.3 Å². The fraction of sp³-hybridized carbons (Fsp3) is 0.500. The van der Waals surface area contributed by atoms with Crippen LogP contribution in [0.5, 0.6) is 0 Å². The van der Waals surface area contributed by atoms with Crippen LogP contribution in [0.25, 0.3) is 0 Å². The molecule has 1 saturated heterocycles. The summed E-state index contributed by atoms with van der Waals surface area (Å²) in [5, 5.41) is 0. The summed E-state index contributed by atoms with van der Waals surface area (Å²) < 4.78 is 6.27. The Morgan fingerprint density at radius 2 is 2.05 bits per heavy atom. The molecule has 0 saturated carbocycles. The Labute approximate surface area is 133 Å². The average molecular weight is 354 g/mol. The molecule has 1 aliphatic rings. The highest BCUT2D eigenvalue weighted by Gasteiger charge is 2.37. The lowest BCUT2D eigenvalue weighted by molar-refractivity contribution is -0.159. The van der Waals surface area contributed by atoms with Crippen LogP contribution in [0.15, 0.2) is 28.7 Å². The van der Waals surface area contributed by atoms with Crippen molar-refractivity contribution in [1.29, 1.82) is 0 Å². The van der Waals surface area contributed by atoms with E-state index in [1.165, 1.54) is 0 Å². The van der Waals surface area contributed by atoms with E-state index in [9.17, 15) is 9.59 Å². The number of hydrogen-bond acceptors (Lipinski definition) is 3. The number of carbonyl (C=O) groups is 2. The standard InChI is InChI=1S/C16H20BrNO3/c1-16(2,3)21-15(20)13-8-5-9-18(13)14(19)11-6-4-7-12(17)10-11/h4,6-7,10,13H,5,8-9H2,1-3H3/t13-/m0/s1. The average Bonchev–Trinajstić information content (AvgIpc) is 2.85. The van der Waals surface area contributed by atoms with Gasteiger partial charge in [0.1, 0.15) is 11.6 Å². The molecule has 0 radical (unpaired) electrons. The van der Waals surface area contributed by atoms with Gasteiger partial charge in [0.05, 0.1) is 0 Å². The molecule has 0 spiro atoms. The Morgan fingerprint density at radius 1 is 1.33 bits per heavy atom. The summed E-state index contributed by atoms with van der Waals surface area (Å²) in [4.78, 5) is 26.4. The maximum absolute atomic E-state index is 12.6. The zero-order valence-corrected chi connectivity index (χ0v) is 14.1. The summed E-state index contributed by atoms with van der Waals surface area (Å²) >= 11 is 3.36. The lowest BCUT2D eigenvalue weighted by Crippen LogP contribution is -2.43. The van der Waals surface area contributed by atoms with Gasteiger partial charge in [-0.2, -0.15) is 0 Å². The molecule has 1 fully saturated rings. The molecule has 1 heterocycles. The van der Waals surface area contributed by atoms with Crippen LogP contribution in [0.2, 0.25) is 0 Å². The predicted molar refractivity (Wildman–Crippen MR) is 84.0 cm³/mol. The van der Waals surface area contributed by atoms with Crippen LogP contribution in [-0.4, -0.2) is 35.0 Å². The van der Waals surface area contributed by atoms with E-state index >= 15 is 0 Å². The maximum Gasteiger partial charge on any atom is 0.329 e. The van der Waals surface area contributed by atoms with Gasteiger partial charge < -0.3 is 9.64 Å². The summed E-state index contributed by atoms with van der Waals surface area (Å²) in [6, 6.07) is 6.74. The quantitative estimate of drug-likeness (QED) is 0.765. The van der Waals surface area contributed by atoms with Crippen LogP contribution in [0.4, 0.5) is 0 Å². The number of ether oxygens (including phenoxy) is 1. The molecule has 1 atom stereocenters. The molecular formula is C16H20BrNO3. The number of benzene rings is 1. The van der Waals surface area contributed by atoms with E-state index in [1.807, 2.05) is 32.9 Å². The number of likely N-dealkylation sites (tertiary alicyclic amines) is 1. The zero-order valence-electron chi connectivity index (χ0n) is 12.6. The fourth-order valence-electron chi connectivity index (χ4n) is 2.41. The third kappa shape index (κ3) is 4.06. The van der Waals surface area contributed by atoms with Crippen molar-refractivity contribution in [2.24, 2.45) is 0 Å². The van der Waals surface area contributed by atoms with Gasteiger partial charge in [-0.3, -0.25) is 4.79 Å². The van der Waals surface area contributed by atoms with Crippen LogP contribution in [0, 0.1) is 0 Å². The first-order valence-corrected chi connectivity index (χ1v) is 7.86. The number of carbonyl (C=O) groups excluding carboxylic acids is 2. The molecule has 0 unspecified atom stereocenters. The summed E-state index contributed by atoms with van der Waals surface area (Å²) in [6.07, 6.45) is 1.48. The number of halogens is 1. The van der Waals surface area contributed by atoms with E-state index < -0.39 is 11.6 Å². The first kappa shape index (κ1) is 16.0. The molecule has 1 aliphatic heterocycles. The molecule has 2 rings (SSSR count). The van der Waals surface area contributed by atoms with Crippen molar-refractivity contribution in [2.45, 2.75) is 45.3 Å². The van der Waals surface area contributed by atoms with E-state index in [0.717, 1.165) is 10.9 Å². The smallest absolute Gasteiger partial charge is 0.329 e. The molecule has 1 amide bonds. The van der Waals surface area contributed by atoms with Crippen molar-refractivity contribution in [3.8, 4) is 0 Å². The SMILES string of the molecule is CC(C)(C)OC(=O)[C@@H]1CCCN1C(=O)c1cccc(Br)c1. The van der Waals surface area contributed by atoms with Gasteiger partial charge in [0.25, 0.3) is 5.91 Å². The lowest BCUT2D eigenvalue weighted by atomic mass is 10.1. The molecule has 114 valence electrons. The maximum atomic E-state index is 12.6. The highest BCUT2D eigenvalue weighted by molar-refractivity contribution is 9.10. The van der Waals surface area contributed by atoms with E-state index in [4.69, 9.17) is 4.74 Å². The molecule has 21 heavy (non-hydrogen) atoms. The highest BCUT2D eigenvalue weighted by atomic mass is 79.9. The van der Waals surface area contributed by atoms with Crippen molar-refractivity contribution in [1.82, 2.24) is 4.90 Å². The Morgan fingerprint density at radius 3 is 2.67 bits per heavy atom. The molecule has 4 nitrogen and oxygen atoms in total. The predicted octanol–water partition coefficient (Wildman–Crippen LogP) is 3.40. The van der Waals surface area contributed by atoms with E-state index in [2.05, 4.69) is 15.9 Å². The molecule has 1 aromatic rings. The number of rotatable bonds is 2. The molecule has 1 aromatic carbocycles. The fourth-order valence-corrected chi connectivity index (χ4v) is 2.81. The molecule has 0 N–H and O–H groups in total. The highest BCUT2D eigenvalue weighted by Crippen LogP contribution is 2.24. The van der Waals surface area contributed by atoms with Crippen molar-refractivity contribution in [3.63, 3.8) is 0 Å². The Bertz CT molecular complexity index is 551. The van der Waals surface area contributed by atoms with Gasteiger partial charge >= 0.3 is 5.97 Å². The van der Waals surface area contributed by atoms with Crippen molar-refractivity contribution in [2.75, 3.05) is 6.54 Å². The third-order valence-electron chi connectivity index (χ3n) is 3.26. The lowest BCUT2D eigenvalue weighted by Gasteiger charge is -2.27. The van der Waals surface area contributed by atoms with Crippen LogP contribution in [0.3, 0.4) is 0 Å². The first-order chi connectivity index (χ1) is 9.78. The number of esters is 1. The molecule has 5 heteroatoms. The summed E-state index contributed by atoms with van der Waals surface area (Å²) in [7, 11) is 0. The van der Waals surface area contributed by atoms with Crippen molar-refractivity contribution >= 4 is 27.8 Å². The Balaban J connectivity index is 2.15. The van der Waals surface area contributed by atoms with E-state index in [1.54, 1.807) is 17.0 Å². The van der Waals surface area contributed by atoms with Gasteiger partial charge in [-0.25, -0.2) is 4.79 Å². The first-order valence-electron chi connectivity index (χ1n) is 7.07. The minimum Gasteiger partial charge on any atom is -0.458 e. The summed E-state index contributed by atoms with van der Waals surface area (Å²) in [5.41, 5.74) is 0.0456. The second-order valence-corrected chi connectivity index (χ2v) is 7.12. The van der Waals surface area contributed by atoms with Gasteiger partial charge in [0.15, 0.2) is 0 Å². The Hall–Kier alpha value is -1.36. The second-order valence-electron chi connectivity index (χ2n) is 6.20. The molecule has 0 aromatic heterocycles. The number of nitrogens with zero attached hydrogens (tertiary/aromatic N) is 1. The topological polar surface area (TPSA) is 46.6 Å². The minimum absolute atomic E-state index is 0.121. The number of hydrogen-bond donors (Lipinski definition) is 0. The Kier molecular flexibility index (Phi) is 4.71. The van der Waals surface area contributed by atoms with Gasteiger partial charge in [0, 0.05) is 16.6 Å². The molecule has 0 aliphatic carbocycles. The number of amides is 1. The van der Waals surface area contributed by atoms with Gasteiger partial charge in [0.2, 0.25) is 0 Å². The van der Waals surface area contributed by atoms with Crippen LogP contribution in [-0.2, 0) is 9.53 Å². The van der Waals surface area contributed by atoms with Crippen molar-refractivity contribution in [3.05, 3.63) is 34.3 Å². The van der Waals surface area contributed by atoms with Crippen LogP contribution in [0.1, 0.15) is 44.0 Å². The van der Waals surface area contributed by atoms with Gasteiger partial charge in [-0.1, -0.05) is 22.0 Å². The zero-order chi connectivity index (χ0) is 15.6. The third-order valence-corrected chi connectivity index (χ3v) is 3.76.